The van der Waals surface area contributed by atoms with Crippen LogP contribution >= 0.6 is 0 Å². The Morgan fingerprint density at radius 1 is 1.36 bits per heavy atom. The largest absolute Gasteiger partial charge is 0.460 e. The second-order valence-corrected chi connectivity index (χ2v) is 4.92. The minimum atomic E-state index is -2.74. The number of hydrogen-bond donors (Lipinski definition) is 0. The predicted molar refractivity (Wildman–Crippen MR) is 71.6 cm³/mol. The maximum atomic E-state index is 14.0. The highest BCUT2D eigenvalue weighted by molar-refractivity contribution is 6.40. The first-order valence-electron chi connectivity index (χ1n) is 6.84. The van der Waals surface area contributed by atoms with Crippen molar-refractivity contribution in [1.82, 2.24) is 4.98 Å². The normalized spacial score (nSPS) is 17.2. The van der Waals surface area contributed by atoms with Crippen LogP contribution in [-0.4, -0.2) is 42.4 Å². The number of pyridine rings is 1. The summed E-state index contributed by atoms with van der Waals surface area (Å²) in [5, 5.41) is 0. The zero-order valence-corrected chi connectivity index (χ0v) is 11.9. The molecule has 0 bridgehead atoms. The highest BCUT2D eigenvalue weighted by Gasteiger charge is 2.35. The number of carbonyl (C=O) groups is 2. The van der Waals surface area contributed by atoms with E-state index in [1.165, 1.54) is 4.90 Å². The molecule has 22 heavy (non-hydrogen) atoms. The maximum Gasteiger partial charge on any atom is 0.379 e. The first kappa shape index (κ1) is 16.3. The average Bonchev–Trinajstić information content (AvgIpc) is 2.47. The van der Waals surface area contributed by atoms with E-state index < -0.39 is 23.5 Å². The van der Waals surface area contributed by atoms with Crippen molar-refractivity contribution in [3.63, 3.8) is 0 Å². The molecule has 0 spiro atoms. The number of Topliss-reactive ketones (excluding diaryl/α,β-unsaturated/α-hetero) is 1. The van der Waals surface area contributed by atoms with Gasteiger partial charge >= 0.3 is 5.97 Å². The minimum Gasteiger partial charge on any atom is -0.460 e. The molecule has 1 aromatic heterocycles. The molecule has 5 nitrogen and oxygen atoms in total. The third-order valence-corrected chi connectivity index (χ3v) is 3.34. The Bertz CT molecular complexity index is 583. The third kappa shape index (κ3) is 3.55. The van der Waals surface area contributed by atoms with Crippen LogP contribution in [0.4, 0.5) is 19.0 Å². The Balaban J connectivity index is 2.13. The Morgan fingerprint density at radius 2 is 2.00 bits per heavy atom. The maximum absolute atomic E-state index is 14.0. The van der Waals surface area contributed by atoms with Crippen molar-refractivity contribution in [1.29, 1.82) is 0 Å². The summed E-state index contributed by atoms with van der Waals surface area (Å²) < 4.78 is 44.8. The SMILES string of the molecule is CCOC(=O)C(=O)c1cnc(N2CCC(F)(F)CC2)c(F)c1. The van der Waals surface area contributed by atoms with Crippen LogP contribution in [0.3, 0.4) is 0 Å². The van der Waals surface area contributed by atoms with Gasteiger partial charge in [0.1, 0.15) is 0 Å². The second-order valence-electron chi connectivity index (χ2n) is 4.92. The molecule has 0 N–H and O–H groups in total. The van der Waals surface area contributed by atoms with Gasteiger partial charge in [0.2, 0.25) is 0 Å². The van der Waals surface area contributed by atoms with Crippen LogP contribution in [-0.2, 0) is 9.53 Å². The van der Waals surface area contributed by atoms with E-state index in [1.54, 1.807) is 6.92 Å². The van der Waals surface area contributed by atoms with E-state index in [0.29, 0.717) is 0 Å². The van der Waals surface area contributed by atoms with Gasteiger partial charge in [-0.3, -0.25) is 4.79 Å². The van der Waals surface area contributed by atoms with E-state index in [2.05, 4.69) is 9.72 Å². The van der Waals surface area contributed by atoms with E-state index in [-0.39, 0.29) is 43.9 Å². The predicted octanol–water partition coefficient (Wildman–Crippen LogP) is 2.20. The molecule has 1 fully saturated rings. The van der Waals surface area contributed by atoms with Crippen molar-refractivity contribution in [2.75, 3.05) is 24.6 Å². The first-order chi connectivity index (χ1) is 10.3. The summed E-state index contributed by atoms with van der Waals surface area (Å²) >= 11 is 0. The van der Waals surface area contributed by atoms with Gasteiger partial charge in [0.25, 0.3) is 11.7 Å². The summed E-state index contributed by atoms with van der Waals surface area (Å²) in [4.78, 5) is 28.1. The van der Waals surface area contributed by atoms with Crippen molar-refractivity contribution >= 4 is 17.6 Å². The average molecular weight is 316 g/mol. The van der Waals surface area contributed by atoms with Crippen molar-refractivity contribution in [2.24, 2.45) is 0 Å². The Morgan fingerprint density at radius 3 is 2.55 bits per heavy atom. The molecule has 0 radical (unpaired) electrons. The van der Waals surface area contributed by atoms with Crippen LogP contribution in [0.2, 0.25) is 0 Å². The van der Waals surface area contributed by atoms with Crippen LogP contribution in [0, 0.1) is 5.82 Å². The lowest BCUT2D eigenvalue weighted by Crippen LogP contribution is -2.40. The minimum absolute atomic E-state index is 0.0257. The molecule has 8 heteroatoms. The van der Waals surface area contributed by atoms with Gasteiger partial charge in [-0.15, -0.1) is 0 Å². The van der Waals surface area contributed by atoms with Crippen molar-refractivity contribution < 1.29 is 27.5 Å². The zero-order chi connectivity index (χ0) is 16.3. The highest BCUT2D eigenvalue weighted by atomic mass is 19.3. The van der Waals surface area contributed by atoms with Crippen LogP contribution in [0.1, 0.15) is 30.1 Å². The van der Waals surface area contributed by atoms with E-state index in [0.717, 1.165) is 12.3 Å². The molecular formula is C14H15F3N2O3. The molecule has 0 atom stereocenters. The number of halogens is 3. The molecule has 0 amide bonds. The first-order valence-corrected chi connectivity index (χ1v) is 6.84. The van der Waals surface area contributed by atoms with Crippen molar-refractivity contribution in [3.8, 4) is 0 Å². The Labute approximate surface area is 125 Å². The summed E-state index contributed by atoms with van der Waals surface area (Å²) in [6.07, 6.45) is 0.291. The number of rotatable bonds is 4. The van der Waals surface area contributed by atoms with Gasteiger partial charge in [0.15, 0.2) is 11.6 Å². The number of anilines is 1. The lowest BCUT2D eigenvalue weighted by atomic mass is 10.1. The Kier molecular flexibility index (Phi) is 4.68. The summed E-state index contributed by atoms with van der Waals surface area (Å²) in [6, 6.07) is 0.869. The molecule has 120 valence electrons. The van der Waals surface area contributed by atoms with Gasteiger partial charge in [0.05, 0.1) is 12.2 Å². The summed E-state index contributed by atoms with van der Waals surface area (Å²) in [5.74, 6) is -5.76. The fraction of sp³-hybridized carbons (Fsp3) is 0.500. The summed E-state index contributed by atoms with van der Waals surface area (Å²) in [5.41, 5.74) is -0.234. The van der Waals surface area contributed by atoms with Gasteiger partial charge in [0, 0.05) is 32.1 Å². The zero-order valence-electron chi connectivity index (χ0n) is 11.9. The van der Waals surface area contributed by atoms with Gasteiger partial charge in [-0.25, -0.2) is 22.9 Å². The van der Waals surface area contributed by atoms with Crippen molar-refractivity contribution in [2.45, 2.75) is 25.7 Å². The number of carbonyl (C=O) groups excluding carboxylic acids is 2. The van der Waals surface area contributed by atoms with Crippen LogP contribution in [0.5, 0.6) is 0 Å². The number of hydrogen-bond acceptors (Lipinski definition) is 5. The van der Waals surface area contributed by atoms with Gasteiger partial charge < -0.3 is 9.64 Å². The molecular weight excluding hydrogens is 301 g/mol. The fourth-order valence-corrected chi connectivity index (χ4v) is 2.15. The highest BCUT2D eigenvalue weighted by Crippen LogP contribution is 2.30. The number of ether oxygens (including phenoxy) is 1. The lowest BCUT2D eigenvalue weighted by molar-refractivity contribution is -0.137. The number of alkyl halides is 2. The number of aromatic nitrogens is 1. The number of ketones is 1. The smallest absolute Gasteiger partial charge is 0.379 e. The monoisotopic (exact) mass is 316 g/mol. The standard InChI is InChI=1S/C14H15F3N2O3/c1-2-22-13(21)11(20)9-7-10(15)12(18-8-9)19-5-3-14(16,17)4-6-19/h7-8H,2-6H2,1H3. The lowest BCUT2D eigenvalue weighted by Gasteiger charge is -2.32. The molecule has 1 saturated heterocycles. The van der Waals surface area contributed by atoms with Gasteiger partial charge in [-0.2, -0.15) is 0 Å². The molecule has 1 aliphatic heterocycles. The number of piperidine rings is 1. The molecule has 2 rings (SSSR count). The van der Waals surface area contributed by atoms with Crippen LogP contribution in [0.25, 0.3) is 0 Å². The van der Waals surface area contributed by atoms with Crippen LogP contribution < -0.4 is 4.90 Å². The van der Waals surface area contributed by atoms with E-state index in [4.69, 9.17) is 0 Å². The summed E-state index contributed by atoms with van der Waals surface area (Å²) in [7, 11) is 0. The van der Waals surface area contributed by atoms with E-state index in [1.807, 2.05) is 0 Å². The topological polar surface area (TPSA) is 59.5 Å². The molecule has 1 aliphatic rings. The third-order valence-electron chi connectivity index (χ3n) is 3.34. The molecule has 0 aromatic carbocycles. The van der Waals surface area contributed by atoms with Gasteiger partial charge in [-0.1, -0.05) is 0 Å². The summed E-state index contributed by atoms with van der Waals surface area (Å²) in [6.45, 7) is 1.52. The molecule has 0 aliphatic carbocycles. The fourth-order valence-electron chi connectivity index (χ4n) is 2.15. The molecule has 0 saturated carbocycles. The van der Waals surface area contributed by atoms with Crippen molar-refractivity contribution in [3.05, 3.63) is 23.6 Å². The number of nitrogens with zero attached hydrogens (tertiary/aromatic N) is 2. The quantitative estimate of drug-likeness (QED) is 0.484. The van der Waals surface area contributed by atoms with Crippen LogP contribution in [0.15, 0.2) is 12.3 Å². The molecule has 0 unspecified atom stereocenters. The Hall–Kier alpha value is -2.12. The van der Waals surface area contributed by atoms with E-state index >= 15 is 0 Å². The van der Waals surface area contributed by atoms with Gasteiger partial charge in [-0.05, 0) is 13.0 Å². The molecule has 2 heterocycles. The van der Waals surface area contributed by atoms with E-state index in [9.17, 15) is 22.8 Å². The second kappa shape index (κ2) is 6.33. The number of esters is 1. The molecule has 1 aromatic rings.